The maximum atomic E-state index is 15.0. The van der Waals surface area contributed by atoms with Gasteiger partial charge < -0.3 is 39.9 Å². The number of amides is 3. The van der Waals surface area contributed by atoms with Gasteiger partial charge >= 0.3 is 17.1 Å². The van der Waals surface area contributed by atoms with Gasteiger partial charge in [0, 0.05) is 93.7 Å². The molecule has 3 amide bonds. The van der Waals surface area contributed by atoms with Gasteiger partial charge in [-0.05, 0) is 153 Å². The first-order valence-corrected chi connectivity index (χ1v) is 40.9. The smallest absolute Gasteiger partial charge is 0.355 e. The third kappa shape index (κ3) is 17.0. The number of aromatic nitrogens is 9. The monoisotopic (exact) mass is 1710 g/mol. The van der Waals surface area contributed by atoms with Crippen LogP contribution in [-0.2, 0) is 19.2 Å². The van der Waals surface area contributed by atoms with Crippen LogP contribution in [0.25, 0.3) is 83.9 Å². The fraction of sp³-hybridized carbons (Fsp3) is 0.272. The number of benzene rings is 6. The number of piperazine rings is 3. The highest BCUT2D eigenvalue weighted by molar-refractivity contribution is 6.35. The molecule has 2 N–H and O–H groups in total. The number of aryl methyl sites for hydroxylation is 1. The molecule has 0 radical (unpaired) electrons. The summed E-state index contributed by atoms with van der Waals surface area (Å²) in [6.07, 6.45) is 3.87. The largest absolute Gasteiger partial charge is 0.426 e. The van der Waals surface area contributed by atoms with E-state index in [0.717, 1.165) is 16.7 Å². The van der Waals surface area contributed by atoms with E-state index in [4.69, 9.17) is 60.2 Å². The molecule has 30 heteroatoms. The lowest BCUT2D eigenvalue weighted by Crippen LogP contribution is -2.54. The highest BCUT2D eigenvalue weighted by Gasteiger charge is 2.36. The summed E-state index contributed by atoms with van der Waals surface area (Å²) in [6, 6.07) is 39.6. The molecule has 3 aliphatic heterocycles. The zero-order valence-electron chi connectivity index (χ0n) is 68.9. The number of halogens is 6. The summed E-state index contributed by atoms with van der Waals surface area (Å²) < 4.78 is 54.3. The summed E-state index contributed by atoms with van der Waals surface area (Å²) in [6.45, 7) is 34.7. The molecule has 122 heavy (non-hydrogen) atoms. The highest BCUT2D eigenvalue weighted by atomic mass is 35.5. The van der Waals surface area contributed by atoms with Crippen LogP contribution >= 0.6 is 34.8 Å². The van der Waals surface area contributed by atoms with E-state index in [9.17, 15) is 46.7 Å². The molecule has 3 saturated heterocycles. The van der Waals surface area contributed by atoms with E-state index in [1.54, 1.807) is 106 Å². The summed E-state index contributed by atoms with van der Waals surface area (Å²) in [5.41, 5.74) is 11.9. The quantitative estimate of drug-likeness (QED) is 0.0504. The molecule has 0 aliphatic carbocycles. The average Bonchev–Trinajstić information content (AvgIpc) is 0.744. The number of ether oxygens (including phenoxy) is 1. The SMILES string of the molecule is C=CC(=O)N1CCN(c2nc(=O)n(-c3c(C)cccc3C(C)C)c3nc(-c4ccccc4F)c(Cl)cc23)[C@@H](C)C1.C=CC(=O)N1CCN(c2nc(=O)n(-c3c(N)cccc3C(C)C)c3nc(-c4ccccc4F)c(Cl)cc23)[C@@H](C)C1.C=CC(=O)N1CCN(c2nc(=O)n(-c3c(OC=O)cccc3C(C)C)c3nc(-c4ccccc4F)c(Cl)cc23)[C@@H](C)C1. The molecule has 24 nitrogen and oxygen atoms in total. The van der Waals surface area contributed by atoms with Crippen LogP contribution in [0, 0.1) is 24.4 Å². The Morgan fingerprint density at radius 3 is 1.08 bits per heavy atom. The molecule has 9 heterocycles. The number of anilines is 4. The zero-order valence-corrected chi connectivity index (χ0v) is 71.2. The molecule has 3 aliphatic rings. The van der Waals surface area contributed by atoms with E-state index in [-0.39, 0.29) is 119 Å². The standard InChI is InChI=1S/C31H29ClFN5O4.C31H31ClFN5O2.C30H30ClFN6O2/c1-5-26(40)36-13-14-37(19(4)16-36)29-22-15-23(32)27(21-9-6-7-11-24(21)33)34-30(22)38(31(41)35-29)28-20(18(2)3)10-8-12-25(28)42-17-39;1-6-26(39)36-14-15-37(20(5)17-36)29-23-16-24(32)27(22-11-7-8-13-25(22)33)34-30(23)38(31(40)35-29)28-19(4)10-9-12-21(28)18(2)3;1-5-25(39)36-13-14-37(18(4)16-36)28-21-15-22(31)26(20-9-6-7-11-23(20)32)34-29(21)38(30(40)35-28)27-19(17(2)3)10-8-12-24(27)33/h5-12,15,17-19H,1,13-14,16H2,2-4H3;6-13,16,18,20H,1,14-15,17H2,2-5H3;5-12,15,17-18H,1,13-14,16,33H2,2-4H3/t19-;20-;18-/m000/s1. The number of pyridine rings is 3. The van der Waals surface area contributed by atoms with Crippen molar-refractivity contribution in [3.05, 3.63) is 270 Å². The van der Waals surface area contributed by atoms with Crippen molar-refractivity contribution in [2.24, 2.45) is 0 Å². The fourth-order valence-electron chi connectivity index (χ4n) is 16.1. The lowest BCUT2D eigenvalue weighted by atomic mass is 9.98. The second kappa shape index (κ2) is 36.6. The van der Waals surface area contributed by atoms with Crippen molar-refractivity contribution in [2.45, 2.75) is 105 Å². The normalized spacial score (nSPS) is 15.5. The molecule has 6 aromatic heterocycles. The van der Waals surface area contributed by atoms with Crippen molar-refractivity contribution in [3.8, 4) is 56.6 Å². The van der Waals surface area contributed by atoms with E-state index < -0.39 is 34.5 Å². The third-order valence-corrected chi connectivity index (χ3v) is 22.9. The van der Waals surface area contributed by atoms with Crippen LogP contribution in [0.4, 0.5) is 36.3 Å². The van der Waals surface area contributed by atoms with Gasteiger partial charge in [-0.25, -0.2) is 56.2 Å². The summed E-state index contributed by atoms with van der Waals surface area (Å²) in [5.74, 6) is -0.576. The predicted molar refractivity (Wildman–Crippen MR) is 475 cm³/mol. The van der Waals surface area contributed by atoms with Crippen molar-refractivity contribution in [1.82, 2.24) is 58.3 Å². The molecule has 628 valence electrons. The van der Waals surface area contributed by atoms with E-state index in [0.29, 0.717) is 133 Å². The van der Waals surface area contributed by atoms with Crippen LogP contribution in [0.3, 0.4) is 0 Å². The zero-order chi connectivity index (χ0) is 87.6. The summed E-state index contributed by atoms with van der Waals surface area (Å²) in [7, 11) is 0. The van der Waals surface area contributed by atoms with Crippen LogP contribution in [-0.4, -0.2) is 160 Å². The number of rotatable bonds is 17. The first kappa shape index (κ1) is 87.0. The lowest BCUT2D eigenvalue weighted by molar-refractivity contribution is -0.127. The van der Waals surface area contributed by atoms with Gasteiger partial charge in [0.05, 0.1) is 71.1 Å². The minimum atomic E-state index is -0.674. The number of carbonyl (C=O) groups excluding carboxylic acids is 4. The average molecular weight is 1710 g/mol. The summed E-state index contributed by atoms with van der Waals surface area (Å²) in [4.78, 5) is 129. The fourth-order valence-corrected chi connectivity index (χ4v) is 16.8. The number of nitrogens with zero attached hydrogens (tertiary/aromatic N) is 15. The Kier molecular flexibility index (Phi) is 26.1. The van der Waals surface area contributed by atoms with Crippen molar-refractivity contribution in [3.63, 3.8) is 0 Å². The summed E-state index contributed by atoms with van der Waals surface area (Å²) >= 11 is 20.2. The van der Waals surface area contributed by atoms with Crippen molar-refractivity contribution < 1.29 is 37.1 Å². The Morgan fingerprint density at radius 2 is 0.754 bits per heavy atom. The van der Waals surface area contributed by atoms with E-state index in [1.165, 1.54) is 50.1 Å². The van der Waals surface area contributed by atoms with Gasteiger partial charge in [-0.15, -0.1) is 0 Å². The molecule has 6 aromatic carbocycles. The Balaban J connectivity index is 0.000000158. The van der Waals surface area contributed by atoms with E-state index >= 15 is 0 Å². The number of para-hydroxylation sites is 3. The number of fused-ring (bicyclic) bond motifs is 3. The Morgan fingerprint density at radius 1 is 0.443 bits per heavy atom. The topological polar surface area (TPSA) is 266 Å². The molecule has 15 rings (SSSR count). The first-order valence-electron chi connectivity index (χ1n) is 39.8. The van der Waals surface area contributed by atoms with Crippen LogP contribution in [0.2, 0.25) is 15.1 Å². The minimum absolute atomic E-state index is 0.0361. The number of carbonyl (C=O) groups is 4. The molecule has 0 bridgehead atoms. The van der Waals surface area contributed by atoms with Crippen LogP contribution in [0.5, 0.6) is 5.75 Å². The molecule has 3 fully saturated rings. The molecular weight excluding hydrogens is 1620 g/mol. The van der Waals surface area contributed by atoms with Gasteiger partial charge in [0.15, 0.2) is 22.7 Å². The van der Waals surface area contributed by atoms with Gasteiger partial charge in [-0.1, -0.05) is 175 Å². The first-order chi connectivity index (χ1) is 58.4. The molecule has 3 atom stereocenters. The number of nitrogen functional groups attached to an aromatic ring is 1. The Bertz CT molecular complexity index is 6130. The molecule has 0 spiro atoms. The second-order valence-electron chi connectivity index (χ2n) is 30.9. The molecular formula is C92H90Cl3F3N16O8. The number of hydrogen-bond donors (Lipinski definition) is 1. The number of nitrogens with two attached hydrogens (primary N) is 1. The van der Waals surface area contributed by atoms with Gasteiger partial charge in [0.1, 0.15) is 34.9 Å². The minimum Gasteiger partial charge on any atom is -0.426 e. The van der Waals surface area contributed by atoms with Crippen molar-refractivity contribution in [2.75, 3.05) is 79.3 Å². The molecule has 0 saturated carbocycles. The maximum absolute atomic E-state index is 15.0. The molecule has 12 aromatic rings. The maximum Gasteiger partial charge on any atom is 0.355 e. The van der Waals surface area contributed by atoms with Crippen molar-refractivity contribution in [1.29, 1.82) is 0 Å². The Hall–Kier alpha value is -12.9. The second-order valence-corrected chi connectivity index (χ2v) is 32.2. The molecule has 0 unspecified atom stereocenters. The van der Waals surface area contributed by atoms with Crippen LogP contribution in [0.1, 0.15) is 102 Å². The van der Waals surface area contributed by atoms with Gasteiger partial charge in [-0.2, -0.15) is 15.0 Å². The van der Waals surface area contributed by atoms with Crippen molar-refractivity contribution >= 4 is 115 Å². The Labute approximate surface area is 717 Å². The van der Waals surface area contributed by atoms with Gasteiger partial charge in [0.2, 0.25) is 17.7 Å². The van der Waals surface area contributed by atoms with Gasteiger partial charge in [-0.3, -0.25) is 19.2 Å². The van der Waals surface area contributed by atoms with E-state index in [1.807, 2.05) is 106 Å². The lowest BCUT2D eigenvalue weighted by Gasteiger charge is -2.40. The predicted octanol–water partition coefficient (Wildman–Crippen LogP) is 16.2. The highest BCUT2D eigenvalue weighted by Crippen LogP contribution is 2.43. The van der Waals surface area contributed by atoms with E-state index in [2.05, 4.69) is 48.5 Å². The summed E-state index contributed by atoms with van der Waals surface area (Å²) in [5, 5.41) is 2.13. The van der Waals surface area contributed by atoms with Gasteiger partial charge in [0.25, 0.3) is 6.47 Å². The number of hydrogen-bond acceptors (Lipinski definition) is 18. The van der Waals surface area contributed by atoms with Crippen LogP contribution in [0.15, 0.2) is 198 Å². The third-order valence-electron chi connectivity index (χ3n) is 22.1. The van der Waals surface area contributed by atoms with Crippen LogP contribution < -0.4 is 42.2 Å².